The molecule has 0 unspecified atom stereocenters. The number of hydrogen-bond donors (Lipinski definition) is 1. The van der Waals surface area contributed by atoms with Gasteiger partial charge in [-0.1, -0.05) is 35.0 Å². The maximum atomic E-state index is 12.0. The second-order valence-corrected chi connectivity index (χ2v) is 6.58. The molecule has 25 heavy (non-hydrogen) atoms. The van der Waals surface area contributed by atoms with Crippen molar-refractivity contribution in [2.24, 2.45) is 0 Å². The van der Waals surface area contributed by atoms with Gasteiger partial charge in [-0.05, 0) is 25.1 Å². The monoisotopic (exact) mass is 395 g/mol. The minimum absolute atomic E-state index is 0.0638. The highest BCUT2D eigenvalue weighted by Gasteiger charge is 2.13. The predicted molar refractivity (Wildman–Crippen MR) is 95.9 cm³/mol. The van der Waals surface area contributed by atoms with E-state index in [1.54, 1.807) is 31.5 Å². The molecular weight excluding hydrogens is 385 g/mol. The largest absolute Gasteiger partial charge is 0.411 e. The fraction of sp³-hybridized carbons (Fsp3) is 0.133. The Morgan fingerprint density at radius 2 is 2.16 bits per heavy atom. The van der Waals surface area contributed by atoms with E-state index >= 15 is 0 Å². The van der Waals surface area contributed by atoms with Gasteiger partial charge in [0.2, 0.25) is 11.8 Å². The van der Waals surface area contributed by atoms with E-state index in [4.69, 9.17) is 27.6 Å². The Hall–Kier alpha value is -2.16. The molecule has 1 N–H and O–H groups in total. The lowest BCUT2D eigenvalue weighted by Crippen LogP contribution is -2.15. The molecule has 10 heteroatoms. The van der Waals surface area contributed by atoms with Crippen LogP contribution in [0.3, 0.4) is 0 Å². The molecule has 0 saturated carbocycles. The van der Waals surface area contributed by atoms with Gasteiger partial charge >= 0.3 is 0 Å². The van der Waals surface area contributed by atoms with Crippen LogP contribution in [0.15, 0.2) is 40.2 Å². The van der Waals surface area contributed by atoms with Crippen molar-refractivity contribution in [2.75, 3.05) is 11.1 Å². The second kappa shape index (κ2) is 7.81. The molecule has 0 spiro atoms. The van der Waals surface area contributed by atoms with Crippen molar-refractivity contribution in [3.63, 3.8) is 0 Å². The van der Waals surface area contributed by atoms with E-state index < -0.39 is 0 Å². The third kappa shape index (κ3) is 4.47. The molecule has 7 nitrogen and oxygen atoms in total. The third-order valence-electron chi connectivity index (χ3n) is 3.00. The summed E-state index contributed by atoms with van der Waals surface area (Å²) in [6.07, 6.45) is 3.27. The Balaban J connectivity index is 1.60. The summed E-state index contributed by atoms with van der Waals surface area (Å²) in [4.78, 5) is 20.2. The summed E-state index contributed by atoms with van der Waals surface area (Å²) in [6, 6.07) is 5.11. The minimum atomic E-state index is -0.303. The van der Waals surface area contributed by atoms with Gasteiger partial charge in [0.15, 0.2) is 5.82 Å². The third-order valence-corrected chi connectivity index (χ3v) is 4.49. The van der Waals surface area contributed by atoms with Crippen LogP contribution in [0.25, 0.3) is 11.5 Å². The number of amides is 1. The Morgan fingerprint density at radius 1 is 1.32 bits per heavy atom. The summed E-state index contributed by atoms with van der Waals surface area (Å²) < 4.78 is 5.49. The number of nitrogens with one attached hydrogen (secondary N) is 1. The molecule has 1 amide bonds. The first kappa shape index (κ1) is 17.7. The standard InChI is InChI=1S/C15H11Cl2N5O2S/c1-8-10(16)5-11(17)13(19-8)20-12(23)7-25-15-22-21-14(24-15)9-3-2-4-18-6-9/h2-6H,7H2,1H3,(H,19,20,23). The number of thioether (sulfide) groups is 1. The average molecular weight is 396 g/mol. The molecule has 0 aliphatic heterocycles. The molecule has 0 fully saturated rings. The molecule has 0 aliphatic carbocycles. The molecule has 0 atom stereocenters. The van der Waals surface area contributed by atoms with Crippen LogP contribution < -0.4 is 5.32 Å². The van der Waals surface area contributed by atoms with E-state index in [1.807, 2.05) is 0 Å². The van der Waals surface area contributed by atoms with Crippen LogP contribution in [-0.2, 0) is 4.79 Å². The van der Waals surface area contributed by atoms with Gasteiger partial charge in [0.25, 0.3) is 5.22 Å². The molecular formula is C15H11Cl2N5O2S. The zero-order valence-electron chi connectivity index (χ0n) is 12.9. The maximum absolute atomic E-state index is 12.0. The number of carbonyl (C=O) groups is 1. The Morgan fingerprint density at radius 3 is 2.92 bits per heavy atom. The van der Waals surface area contributed by atoms with Gasteiger partial charge in [-0.3, -0.25) is 9.78 Å². The van der Waals surface area contributed by atoms with E-state index in [2.05, 4.69) is 25.5 Å². The number of rotatable bonds is 5. The molecule has 3 aromatic rings. The smallest absolute Gasteiger partial charge is 0.277 e. The van der Waals surface area contributed by atoms with Crippen molar-refractivity contribution >= 4 is 46.7 Å². The minimum Gasteiger partial charge on any atom is -0.411 e. The van der Waals surface area contributed by atoms with Gasteiger partial charge in [-0.15, -0.1) is 10.2 Å². The lowest BCUT2D eigenvalue weighted by atomic mass is 10.3. The summed E-state index contributed by atoms with van der Waals surface area (Å²) >= 11 is 13.0. The van der Waals surface area contributed by atoms with Crippen molar-refractivity contribution < 1.29 is 9.21 Å². The number of nitrogens with zero attached hydrogens (tertiary/aromatic N) is 4. The molecule has 0 aliphatic rings. The van der Waals surface area contributed by atoms with Crippen LogP contribution >= 0.6 is 35.0 Å². The van der Waals surface area contributed by atoms with Gasteiger partial charge in [0.1, 0.15) is 0 Å². The van der Waals surface area contributed by atoms with Gasteiger partial charge < -0.3 is 9.73 Å². The summed E-state index contributed by atoms with van der Waals surface area (Å²) in [7, 11) is 0. The predicted octanol–water partition coefficient (Wildman–Crippen LogP) is 3.87. The van der Waals surface area contributed by atoms with Gasteiger partial charge in [-0.2, -0.15) is 0 Å². The number of anilines is 1. The molecule has 3 rings (SSSR count). The zero-order chi connectivity index (χ0) is 17.8. The average Bonchev–Trinajstić information content (AvgIpc) is 3.08. The first-order valence-corrected chi connectivity index (χ1v) is 8.76. The Bertz CT molecular complexity index is 904. The van der Waals surface area contributed by atoms with Gasteiger partial charge in [0, 0.05) is 12.4 Å². The van der Waals surface area contributed by atoms with Crippen LogP contribution in [0.5, 0.6) is 0 Å². The number of aryl methyl sites for hydroxylation is 1. The molecule has 0 aromatic carbocycles. The molecule has 0 bridgehead atoms. The summed E-state index contributed by atoms with van der Waals surface area (Å²) in [6.45, 7) is 1.72. The van der Waals surface area contributed by atoms with Crippen molar-refractivity contribution in [3.8, 4) is 11.5 Å². The number of carbonyl (C=O) groups excluding carboxylic acids is 1. The highest BCUT2D eigenvalue weighted by Crippen LogP contribution is 2.26. The van der Waals surface area contributed by atoms with E-state index in [1.165, 1.54) is 6.07 Å². The van der Waals surface area contributed by atoms with Gasteiger partial charge in [0.05, 0.1) is 27.1 Å². The first-order valence-electron chi connectivity index (χ1n) is 7.02. The van der Waals surface area contributed by atoms with Crippen LogP contribution in [-0.4, -0.2) is 31.8 Å². The first-order chi connectivity index (χ1) is 12.0. The van der Waals surface area contributed by atoms with E-state index in [0.29, 0.717) is 22.2 Å². The van der Waals surface area contributed by atoms with E-state index in [9.17, 15) is 4.79 Å². The van der Waals surface area contributed by atoms with E-state index in [-0.39, 0.29) is 27.7 Å². The van der Waals surface area contributed by atoms with Crippen molar-refractivity contribution in [3.05, 3.63) is 46.3 Å². The number of aromatic nitrogens is 4. The van der Waals surface area contributed by atoms with Crippen molar-refractivity contribution in [1.82, 2.24) is 20.2 Å². The maximum Gasteiger partial charge on any atom is 0.277 e. The normalized spacial score (nSPS) is 10.7. The Kier molecular flexibility index (Phi) is 5.52. The fourth-order valence-corrected chi connectivity index (χ4v) is 2.78. The highest BCUT2D eigenvalue weighted by molar-refractivity contribution is 7.99. The van der Waals surface area contributed by atoms with Gasteiger partial charge in [-0.25, -0.2) is 4.98 Å². The molecule has 0 saturated heterocycles. The van der Waals surface area contributed by atoms with Crippen LogP contribution in [0.4, 0.5) is 5.82 Å². The second-order valence-electron chi connectivity index (χ2n) is 4.84. The quantitative estimate of drug-likeness (QED) is 0.655. The number of halogens is 2. The van der Waals surface area contributed by atoms with Crippen molar-refractivity contribution in [1.29, 1.82) is 0 Å². The van der Waals surface area contributed by atoms with E-state index in [0.717, 1.165) is 11.8 Å². The topological polar surface area (TPSA) is 93.8 Å². The fourth-order valence-electron chi connectivity index (χ4n) is 1.82. The van der Waals surface area contributed by atoms with Crippen LogP contribution in [0, 0.1) is 6.92 Å². The summed E-state index contributed by atoms with van der Waals surface area (Å²) in [5.74, 6) is 0.362. The van der Waals surface area contributed by atoms with Crippen LogP contribution in [0.1, 0.15) is 5.69 Å². The number of hydrogen-bond acceptors (Lipinski definition) is 7. The lowest BCUT2D eigenvalue weighted by Gasteiger charge is -2.07. The Labute approximate surface area is 157 Å². The van der Waals surface area contributed by atoms with Crippen molar-refractivity contribution in [2.45, 2.75) is 12.1 Å². The number of pyridine rings is 2. The molecule has 128 valence electrons. The van der Waals surface area contributed by atoms with Crippen LogP contribution in [0.2, 0.25) is 10.0 Å². The molecule has 3 aromatic heterocycles. The summed E-state index contributed by atoms with van der Waals surface area (Å²) in [5.41, 5.74) is 1.28. The molecule has 3 heterocycles. The zero-order valence-corrected chi connectivity index (χ0v) is 15.2. The molecule has 0 radical (unpaired) electrons. The SMILES string of the molecule is Cc1nc(NC(=O)CSc2nnc(-c3cccnc3)o2)c(Cl)cc1Cl. The summed E-state index contributed by atoms with van der Waals surface area (Å²) in [5, 5.41) is 11.4. The highest BCUT2D eigenvalue weighted by atomic mass is 35.5. The lowest BCUT2D eigenvalue weighted by molar-refractivity contribution is -0.113.